The number of halogens is 1. The van der Waals surface area contributed by atoms with E-state index in [0.717, 1.165) is 0 Å². The number of benzene rings is 1. The number of ether oxygens (including phenoxy) is 1. The van der Waals surface area contributed by atoms with Gasteiger partial charge in [0.05, 0.1) is 23.1 Å². The summed E-state index contributed by atoms with van der Waals surface area (Å²) in [5, 5.41) is 9.40. The SMILES string of the molecule is CCOc1cc(S(=O)(=O)N[C@H](CC)CO)ccc1Cl. The quantitative estimate of drug-likeness (QED) is 0.805. The van der Waals surface area contributed by atoms with Crippen LogP contribution in [0.25, 0.3) is 0 Å². The van der Waals surface area contributed by atoms with E-state index in [9.17, 15) is 8.42 Å². The Morgan fingerprint density at radius 2 is 2.11 bits per heavy atom. The molecule has 0 saturated heterocycles. The zero-order chi connectivity index (χ0) is 14.5. The van der Waals surface area contributed by atoms with Crippen LogP contribution in [-0.4, -0.2) is 32.8 Å². The second kappa shape index (κ2) is 7.09. The lowest BCUT2D eigenvalue weighted by atomic mass is 10.3. The van der Waals surface area contributed by atoms with Crippen LogP contribution in [-0.2, 0) is 10.0 Å². The first-order chi connectivity index (χ1) is 8.94. The molecule has 0 saturated carbocycles. The second-order valence-electron chi connectivity index (χ2n) is 3.93. The lowest BCUT2D eigenvalue weighted by Crippen LogP contribution is -2.36. The zero-order valence-corrected chi connectivity index (χ0v) is 12.5. The largest absolute Gasteiger partial charge is 0.492 e. The van der Waals surface area contributed by atoms with Crippen LogP contribution in [0, 0.1) is 0 Å². The minimum absolute atomic E-state index is 0.0623. The van der Waals surface area contributed by atoms with Gasteiger partial charge in [0.1, 0.15) is 5.75 Å². The number of hydrogen-bond donors (Lipinski definition) is 2. The van der Waals surface area contributed by atoms with Crippen LogP contribution in [0.4, 0.5) is 0 Å². The van der Waals surface area contributed by atoms with Crippen molar-refractivity contribution in [3.8, 4) is 5.75 Å². The highest BCUT2D eigenvalue weighted by Crippen LogP contribution is 2.27. The van der Waals surface area contributed by atoms with Crippen molar-refractivity contribution in [2.24, 2.45) is 0 Å². The van der Waals surface area contributed by atoms with Crippen LogP contribution >= 0.6 is 11.6 Å². The van der Waals surface area contributed by atoms with E-state index >= 15 is 0 Å². The van der Waals surface area contributed by atoms with Gasteiger partial charge in [-0.1, -0.05) is 18.5 Å². The van der Waals surface area contributed by atoms with Gasteiger partial charge < -0.3 is 9.84 Å². The molecule has 0 fully saturated rings. The Morgan fingerprint density at radius 1 is 1.42 bits per heavy atom. The summed E-state index contributed by atoms with van der Waals surface area (Å²) < 4.78 is 31.9. The van der Waals surface area contributed by atoms with Crippen molar-refractivity contribution in [2.75, 3.05) is 13.2 Å². The van der Waals surface area contributed by atoms with Crippen LogP contribution in [0.1, 0.15) is 20.3 Å². The maximum absolute atomic E-state index is 12.1. The van der Waals surface area contributed by atoms with Crippen LogP contribution in [0.15, 0.2) is 23.1 Å². The molecule has 1 aromatic rings. The summed E-state index contributed by atoms with van der Waals surface area (Å²) in [4.78, 5) is 0.0623. The van der Waals surface area contributed by atoms with Crippen LogP contribution in [0.3, 0.4) is 0 Å². The normalized spacial score (nSPS) is 13.3. The highest BCUT2D eigenvalue weighted by Gasteiger charge is 2.19. The molecule has 0 amide bonds. The minimum atomic E-state index is -3.69. The highest BCUT2D eigenvalue weighted by atomic mass is 35.5. The average Bonchev–Trinajstić information content (AvgIpc) is 2.38. The lowest BCUT2D eigenvalue weighted by molar-refractivity contribution is 0.254. The number of sulfonamides is 1. The third kappa shape index (κ3) is 4.35. The van der Waals surface area contributed by atoms with E-state index in [1.807, 2.05) is 0 Å². The second-order valence-corrected chi connectivity index (χ2v) is 6.06. The molecule has 0 aromatic heterocycles. The summed E-state index contributed by atoms with van der Waals surface area (Å²) in [7, 11) is -3.69. The first kappa shape index (κ1) is 16.2. The van der Waals surface area contributed by atoms with Crippen molar-refractivity contribution >= 4 is 21.6 Å². The molecule has 0 aliphatic carbocycles. The third-order valence-corrected chi connectivity index (χ3v) is 4.38. The Morgan fingerprint density at radius 3 is 2.63 bits per heavy atom. The van der Waals surface area contributed by atoms with Gasteiger partial charge in [-0.15, -0.1) is 0 Å². The predicted octanol–water partition coefficient (Wildman–Crippen LogP) is 1.79. The molecule has 108 valence electrons. The molecule has 2 N–H and O–H groups in total. The summed E-state index contributed by atoms with van der Waals surface area (Å²) in [6, 6.07) is 3.74. The molecule has 19 heavy (non-hydrogen) atoms. The first-order valence-corrected chi connectivity index (χ1v) is 7.86. The fourth-order valence-corrected chi connectivity index (χ4v) is 2.95. The topological polar surface area (TPSA) is 75.6 Å². The fraction of sp³-hybridized carbons (Fsp3) is 0.500. The van der Waals surface area contributed by atoms with E-state index in [-0.39, 0.29) is 11.5 Å². The molecule has 0 unspecified atom stereocenters. The maximum Gasteiger partial charge on any atom is 0.241 e. The molecule has 1 atom stereocenters. The molecule has 0 heterocycles. The molecule has 0 spiro atoms. The van der Waals surface area contributed by atoms with Gasteiger partial charge in [-0.2, -0.15) is 0 Å². The molecule has 0 aliphatic rings. The van der Waals surface area contributed by atoms with Crippen molar-refractivity contribution in [3.63, 3.8) is 0 Å². The van der Waals surface area contributed by atoms with Gasteiger partial charge in [-0.05, 0) is 25.5 Å². The summed E-state index contributed by atoms with van der Waals surface area (Å²) in [5.74, 6) is 0.323. The number of aliphatic hydroxyl groups excluding tert-OH is 1. The highest BCUT2D eigenvalue weighted by molar-refractivity contribution is 7.89. The molecule has 5 nitrogen and oxygen atoms in total. The van der Waals surface area contributed by atoms with Gasteiger partial charge >= 0.3 is 0 Å². The van der Waals surface area contributed by atoms with E-state index < -0.39 is 16.1 Å². The Kier molecular flexibility index (Phi) is 6.06. The van der Waals surface area contributed by atoms with Crippen molar-refractivity contribution in [2.45, 2.75) is 31.2 Å². The molecule has 1 aromatic carbocycles. The summed E-state index contributed by atoms with van der Waals surface area (Å²) in [6.45, 7) is 3.72. The van der Waals surface area contributed by atoms with Gasteiger partial charge in [0, 0.05) is 12.1 Å². The third-order valence-electron chi connectivity index (χ3n) is 2.55. The standard InChI is InChI=1S/C12H18ClNO4S/c1-3-9(8-15)14-19(16,17)10-5-6-11(13)12(7-10)18-4-2/h5-7,9,14-15H,3-4,8H2,1-2H3/t9-/m1/s1. The smallest absolute Gasteiger partial charge is 0.241 e. The zero-order valence-electron chi connectivity index (χ0n) is 10.9. The molecule has 0 bridgehead atoms. The van der Waals surface area contributed by atoms with E-state index in [1.165, 1.54) is 18.2 Å². The Hall–Kier alpha value is -0.820. The number of hydrogen-bond acceptors (Lipinski definition) is 4. The van der Waals surface area contributed by atoms with Gasteiger partial charge in [0.25, 0.3) is 0 Å². The van der Waals surface area contributed by atoms with Gasteiger partial charge in [-0.25, -0.2) is 13.1 Å². The van der Waals surface area contributed by atoms with E-state index in [2.05, 4.69) is 4.72 Å². The van der Waals surface area contributed by atoms with E-state index in [4.69, 9.17) is 21.4 Å². The Balaban J connectivity index is 3.04. The molecule has 0 radical (unpaired) electrons. The average molecular weight is 308 g/mol. The van der Waals surface area contributed by atoms with Crippen molar-refractivity contribution in [1.29, 1.82) is 0 Å². The van der Waals surface area contributed by atoms with Crippen molar-refractivity contribution in [3.05, 3.63) is 23.2 Å². The molecule has 0 aliphatic heterocycles. The molecular weight excluding hydrogens is 290 g/mol. The Bertz CT molecular complexity index is 514. The number of nitrogens with one attached hydrogen (secondary N) is 1. The summed E-state index contributed by atoms with van der Waals surface area (Å²) in [6.07, 6.45) is 0.502. The van der Waals surface area contributed by atoms with Crippen molar-refractivity contribution < 1.29 is 18.3 Å². The van der Waals surface area contributed by atoms with Gasteiger partial charge in [-0.3, -0.25) is 0 Å². The fourth-order valence-electron chi connectivity index (χ4n) is 1.45. The van der Waals surface area contributed by atoms with Crippen LogP contribution in [0.2, 0.25) is 5.02 Å². The van der Waals surface area contributed by atoms with E-state index in [0.29, 0.717) is 23.8 Å². The predicted molar refractivity (Wildman–Crippen MR) is 74.1 cm³/mol. The lowest BCUT2D eigenvalue weighted by Gasteiger charge is -2.15. The van der Waals surface area contributed by atoms with Crippen molar-refractivity contribution in [1.82, 2.24) is 4.72 Å². The monoisotopic (exact) mass is 307 g/mol. The summed E-state index contributed by atoms with van der Waals surface area (Å²) in [5.41, 5.74) is 0. The van der Waals surface area contributed by atoms with Crippen LogP contribution < -0.4 is 9.46 Å². The van der Waals surface area contributed by atoms with Gasteiger partial charge in [0.15, 0.2) is 0 Å². The maximum atomic E-state index is 12.1. The minimum Gasteiger partial charge on any atom is -0.492 e. The molecule has 7 heteroatoms. The van der Waals surface area contributed by atoms with Gasteiger partial charge in [0.2, 0.25) is 10.0 Å². The number of aliphatic hydroxyl groups is 1. The number of rotatable bonds is 7. The molecular formula is C12H18ClNO4S. The Labute approximate surface area is 118 Å². The first-order valence-electron chi connectivity index (χ1n) is 6.00. The van der Waals surface area contributed by atoms with Crippen LogP contribution in [0.5, 0.6) is 5.75 Å². The summed E-state index contributed by atoms with van der Waals surface area (Å²) >= 11 is 5.91. The van der Waals surface area contributed by atoms with E-state index in [1.54, 1.807) is 13.8 Å². The molecule has 1 rings (SSSR count).